The van der Waals surface area contributed by atoms with Gasteiger partial charge in [0.25, 0.3) is 5.91 Å². The van der Waals surface area contributed by atoms with Crippen LogP contribution in [0.25, 0.3) is 0 Å². The third-order valence-electron chi connectivity index (χ3n) is 5.31. The summed E-state index contributed by atoms with van der Waals surface area (Å²) in [4.78, 5) is 40.1. The van der Waals surface area contributed by atoms with Crippen LogP contribution in [0.2, 0.25) is 0 Å². The summed E-state index contributed by atoms with van der Waals surface area (Å²) in [6.45, 7) is 8.60. The first-order valence-corrected chi connectivity index (χ1v) is 10.2. The number of nitrogens with one attached hydrogen (secondary N) is 2. The van der Waals surface area contributed by atoms with Crippen LogP contribution < -0.4 is 10.6 Å². The summed E-state index contributed by atoms with van der Waals surface area (Å²) in [6, 6.07) is 0.0940. The fourth-order valence-electron chi connectivity index (χ4n) is 3.84. The van der Waals surface area contributed by atoms with Gasteiger partial charge < -0.3 is 24.7 Å². The van der Waals surface area contributed by atoms with Crippen LogP contribution in [0.3, 0.4) is 0 Å². The van der Waals surface area contributed by atoms with Crippen molar-refractivity contribution in [1.82, 2.24) is 15.5 Å². The Bertz CT molecular complexity index is 719. The molecule has 8 heteroatoms. The van der Waals surface area contributed by atoms with E-state index in [1.807, 2.05) is 20.8 Å². The van der Waals surface area contributed by atoms with Crippen molar-refractivity contribution in [2.24, 2.45) is 5.41 Å². The van der Waals surface area contributed by atoms with Gasteiger partial charge in [0.05, 0.1) is 17.9 Å². The highest BCUT2D eigenvalue weighted by Gasteiger charge is 2.40. The molecule has 0 spiro atoms. The minimum atomic E-state index is -0.766. The number of ketones is 1. The van der Waals surface area contributed by atoms with Crippen molar-refractivity contribution in [3.63, 3.8) is 0 Å². The highest BCUT2D eigenvalue weighted by molar-refractivity contribution is 5.98. The van der Waals surface area contributed by atoms with Crippen molar-refractivity contribution in [2.45, 2.75) is 58.2 Å². The zero-order valence-electron chi connectivity index (χ0n) is 17.4. The normalized spacial score (nSPS) is 23.9. The predicted octanol–water partition coefficient (Wildman–Crippen LogP) is 1.36. The van der Waals surface area contributed by atoms with E-state index in [9.17, 15) is 14.4 Å². The highest BCUT2D eigenvalue weighted by Crippen LogP contribution is 2.22. The molecule has 29 heavy (non-hydrogen) atoms. The van der Waals surface area contributed by atoms with Crippen LogP contribution >= 0.6 is 0 Å². The van der Waals surface area contributed by atoms with Gasteiger partial charge in [0.2, 0.25) is 5.91 Å². The lowest BCUT2D eigenvalue weighted by Crippen LogP contribution is -2.55. The van der Waals surface area contributed by atoms with E-state index in [2.05, 4.69) is 15.5 Å². The largest absolute Gasteiger partial charge is 0.472 e. The van der Waals surface area contributed by atoms with E-state index in [1.54, 1.807) is 6.07 Å². The van der Waals surface area contributed by atoms with Crippen LogP contribution in [0.15, 0.2) is 23.0 Å². The Morgan fingerprint density at radius 1 is 1.28 bits per heavy atom. The van der Waals surface area contributed by atoms with Gasteiger partial charge in [-0.2, -0.15) is 0 Å². The second kappa shape index (κ2) is 9.09. The van der Waals surface area contributed by atoms with Crippen LogP contribution in [-0.2, 0) is 14.3 Å². The first-order chi connectivity index (χ1) is 13.7. The zero-order chi connectivity index (χ0) is 21.0. The van der Waals surface area contributed by atoms with Crippen molar-refractivity contribution in [3.05, 3.63) is 24.2 Å². The van der Waals surface area contributed by atoms with Gasteiger partial charge in [-0.05, 0) is 43.8 Å². The van der Waals surface area contributed by atoms with Crippen molar-refractivity contribution in [1.29, 1.82) is 0 Å². The molecular formula is C21H31N3O5. The zero-order valence-corrected chi connectivity index (χ0v) is 17.4. The van der Waals surface area contributed by atoms with Crippen molar-refractivity contribution >= 4 is 17.6 Å². The van der Waals surface area contributed by atoms with E-state index in [0.29, 0.717) is 18.5 Å². The van der Waals surface area contributed by atoms with E-state index in [-0.39, 0.29) is 35.7 Å². The second-order valence-corrected chi connectivity index (χ2v) is 9.11. The van der Waals surface area contributed by atoms with Crippen LogP contribution in [-0.4, -0.2) is 66.9 Å². The summed E-state index contributed by atoms with van der Waals surface area (Å²) in [5.41, 5.74) is 0.153. The maximum Gasteiger partial charge on any atom is 0.255 e. The average Bonchev–Trinajstić information content (AvgIpc) is 3.39. The smallest absolute Gasteiger partial charge is 0.255 e. The first kappa shape index (κ1) is 21.5. The Morgan fingerprint density at radius 3 is 2.62 bits per heavy atom. The summed E-state index contributed by atoms with van der Waals surface area (Å²) >= 11 is 0. The van der Waals surface area contributed by atoms with Crippen LogP contribution in [0.1, 0.15) is 50.4 Å². The monoisotopic (exact) mass is 405 g/mol. The van der Waals surface area contributed by atoms with Crippen LogP contribution in [0.5, 0.6) is 0 Å². The molecule has 2 amide bonds. The van der Waals surface area contributed by atoms with Crippen molar-refractivity contribution in [3.8, 4) is 0 Å². The summed E-state index contributed by atoms with van der Waals surface area (Å²) in [5, 5.41) is 5.63. The highest BCUT2D eigenvalue weighted by atomic mass is 16.5. The van der Waals surface area contributed by atoms with Gasteiger partial charge in [0, 0.05) is 6.54 Å². The summed E-state index contributed by atoms with van der Waals surface area (Å²) < 4.78 is 10.6. The molecule has 0 radical (unpaired) electrons. The van der Waals surface area contributed by atoms with E-state index >= 15 is 0 Å². The number of carbonyl (C=O) groups is 3. The molecule has 0 saturated carbocycles. The Labute approximate surface area is 171 Å². The number of hydrogen-bond donors (Lipinski definition) is 2. The number of amides is 2. The Kier molecular flexibility index (Phi) is 6.74. The standard InChI is InChI=1S/C21H31N3O5/c1-21(2,3)10-15(22-19(26)14-6-9-28-12-14)20(27)23-18-16(25)13-29-17(18)11-24-7-4-5-8-24/h6,9,12,15,17-18H,4-5,7-8,10-11,13H2,1-3H3,(H,22,26)(H,23,27)/t15-,17?,18?/m0/s1. The van der Waals surface area contributed by atoms with Gasteiger partial charge in [0.15, 0.2) is 5.78 Å². The van der Waals surface area contributed by atoms with E-state index in [1.165, 1.54) is 12.5 Å². The molecule has 2 aliphatic heterocycles. The van der Waals surface area contributed by atoms with E-state index < -0.39 is 12.1 Å². The van der Waals surface area contributed by atoms with Gasteiger partial charge in [-0.1, -0.05) is 20.8 Å². The number of nitrogens with zero attached hydrogens (tertiary/aromatic N) is 1. The quantitative estimate of drug-likeness (QED) is 0.710. The topological polar surface area (TPSA) is 101 Å². The number of rotatable bonds is 7. The molecule has 1 aromatic rings. The minimum Gasteiger partial charge on any atom is -0.472 e. The number of likely N-dealkylation sites (tertiary alicyclic amines) is 1. The third kappa shape index (κ3) is 5.90. The molecule has 160 valence electrons. The van der Waals surface area contributed by atoms with Gasteiger partial charge in [-0.25, -0.2) is 0 Å². The van der Waals surface area contributed by atoms with Gasteiger partial charge in [-0.15, -0.1) is 0 Å². The van der Waals surface area contributed by atoms with Crippen molar-refractivity contribution in [2.75, 3.05) is 26.2 Å². The Morgan fingerprint density at radius 2 is 2.00 bits per heavy atom. The molecule has 3 rings (SSSR count). The lowest BCUT2D eigenvalue weighted by atomic mass is 9.87. The molecule has 2 unspecified atom stereocenters. The minimum absolute atomic E-state index is 0.00870. The molecule has 0 aromatic carbocycles. The number of hydrogen-bond acceptors (Lipinski definition) is 6. The fourth-order valence-corrected chi connectivity index (χ4v) is 3.84. The number of Topliss-reactive ketones (excluding diaryl/α,β-unsaturated/α-hetero) is 1. The number of furan rings is 1. The lowest BCUT2D eigenvalue weighted by Gasteiger charge is -2.28. The second-order valence-electron chi connectivity index (χ2n) is 9.11. The summed E-state index contributed by atoms with van der Waals surface area (Å²) in [6.07, 6.45) is 5.11. The molecule has 2 N–H and O–H groups in total. The first-order valence-electron chi connectivity index (χ1n) is 10.2. The maximum atomic E-state index is 13.0. The Balaban J connectivity index is 1.66. The van der Waals surface area contributed by atoms with Gasteiger partial charge in [-0.3, -0.25) is 14.4 Å². The molecule has 2 aliphatic rings. The maximum absolute atomic E-state index is 13.0. The molecule has 3 atom stereocenters. The van der Waals surface area contributed by atoms with Crippen molar-refractivity contribution < 1.29 is 23.5 Å². The molecule has 0 bridgehead atoms. The molecule has 2 saturated heterocycles. The Hall–Kier alpha value is -2.19. The molecule has 8 nitrogen and oxygen atoms in total. The summed E-state index contributed by atoms with van der Waals surface area (Å²) in [7, 11) is 0. The molecule has 1 aromatic heterocycles. The molecular weight excluding hydrogens is 374 g/mol. The van der Waals surface area contributed by atoms with Crippen LogP contribution in [0, 0.1) is 5.41 Å². The number of ether oxygens (including phenoxy) is 1. The fraction of sp³-hybridized carbons (Fsp3) is 0.667. The lowest BCUT2D eigenvalue weighted by molar-refractivity contribution is -0.128. The van der Waals surface area contributed by atoms with Crippen LogP contribution in [0.4, 0.5) is 0 Å². The van der Waals surface area contributed by atoms with E-state index in [0.717, 1.165) is 25.9 Å². The average molecular weight is 405 g/mol. The van der Waals surface area contributed by atoms with Gasteiger partial charge >= 0.3 is 0 Å². The third-order valence-corrected chi connectivity index (χ3v) is 5.31. The molecule has 3 heterocycles. The number of carbonyl (C=O) groups excluding carboxylic acids is 3. The molecule has 0 aliphatic carbocycles. The SMILES string of the molecule is CC(C)(C)C[C@H](NC(=O)c1ccoc1)C(=O)NC1C(=O)COC1CN1CCCC1. The predicted molar refractivity (Wildman–Crippen MR) is 106 cm³/mol. The van der Waals surface area contributed by atoms with E-state index in [4.69, 9.17) is 9.15 Å². The molecule has 2 fully saturated rings. The summed E-state index contributed by atoms with van der Waals surface area (Å²) in [5.74, 6) is -0.879. The van der Waals surface area contributed by atoms with Gasteiger partial charge in [0.1, 0.15) is 25.0 Å².